The van der Waals surface area contributed by atoms with Gasteiger partial charge in [0.05, 0.1) is 0 Å². The summed E-state index contributed by atoms with van der Waals surface area (Å²) in [5.41, 5.74) is 11.5. The Kier molecular flexibility index (Phi) is 4.64. The van der Waals surface area contributed by atoms with Crippen LogP contribution in [0, 0.1) is 0 Å². The summed E-state index contributed by atoms with van der Waals surface area (Å²) in [7, 11) is 0. The van der Waals surface area contributed by atoms with Crippen molar-refractivity contribution in [3.8, 4) is 11.1 Å². The summed E-state index contributed by atoms with van der Waals surface area (Å²) in [5.74, 6) is 0.121. The van der Waals surface area contributed by atoms with Crippen molar-refractivity contribution in [3.05, 3.63) is 82.4 Å². The number of hydrogen-bond acceptors (Lipinski definition) is 2. The summed E-state index contributed by atoms with van der Waals surface area (Å²) < 4.78 is 0. The van der Waals surface area contributed by atoms with Crippen molar-refractivity contribution in [2.24, 2.45) is 0 Å². The number of Topliss-reactive ketones (excluding diaryl/α,β-unsaturated/α-hetero) is 1. The first kappa shape index (κ1) is 21.0. The molecule has 0 amide bonds. The van der Waals surface area contributed by atoms with E-state index in [1.54, 1.807) is 6.92 Å². The lowest BCUT2D eigenvalue weighted by atomic mass is 9.70. The van der Waals surface area contributed by atoms with Crippen LogP contribution in [0.15, 0.2) is 54.6 Å². The average molecular weight is 424 g/mol. The van der Waals surface area contributed by atoms with Gasteiger partial charge in [-0.2, -0.15) is 0 Å². The minimum atomic E-state index is -0.185. The zero-order chi connectivity index (χ0) is 22.8. The van der Waals surface area contributed by atoms with E-state index in [0.717, 1.165) is 24.9 Å². The van der Waals surface area contributed by atoms with Crippen LogP contribution in [0.1, 0.15) is 87.0 Å². The molecule has 164 valence electrons. The first-order valence-electron chi connectivity index (χ1n) is 12.0. The summed E-state index contributed by atoms with van der Waals surface area (Å²) in [6.45, 7) is 14.0. The van der Waals surface area contributed by atoms with Crippen LogP contribution in [0.2, 0.25) is 0 Å². The Hall–Kier alpha value is -2.87. The fraction of sp³-hybridized carbons (Fsp3) is 0.367. The van der Waals surface area contributed by atoms with E-state index in [9.17, 15) is 4.79 Å². The van der Waals surface area contributed by atoms with Crippen LogP contribution in [0.3, 0.4) is 0 Å². The Bertz CT molecular complexity index is 1250. The number of nitrogens with zero attached hydrogens (tertiary/aromatic N) is 1. The van der Waals surface area contributed by atoms with Crippen molar-refractivity contribution in [1.29, 1.82) is 0 Å². The molecule has 0 saturated heterocycles. The lowest BCUT2D eigenvalue weighted by Gasteiger charge is -2.43. The van der Waals surface area contributed by atoms with E-state index < -0.39 is 0 Å². The summed E-state index contributed by atoms with van der Waals surface area (Å²) >= 11 is 0. The number of benzene rings is 3. The summed E-state index contributed by atoms with van der Waals surface area (Å²) in [4.78, 5) is 14.6. The molecule has 0 atom stereocenters. The van der Waals surface area contributed by atoms with Gasteiger partial charge in [-0.1, -0.05) is 52.0 Å². The predicted molar refractivity (Wildman–Crippen MR) is 134 cm³/mol. The standard InChI is InChI=1S/C30H33NO/c1-7-30(8-2)23-13-11-10-12-21(23)22-17-26-28(18-24(22)30)31(9-3)27-15-14-20(19(4)32)16-25(27)29(26,5)6/h10-18H,7-9H2,1-6H3. The molecule has 1 aliphatic carbocycles. The van der Waals surface area contributed by atoms with E-state index in [0.29, 0.717) is 0 Å². The normalized spacial score (nSPS) is 16.8. The van der Waals surface area contributed by atoms with Gasteiger partial charge in [0.2, 0.25) is 0 Å². The molecule has 0 aromatic heterocycles. The lowest BCUT2D eigenvalue weighted by Crippen LogP contribution is -2.34. The van der Waals surface area contributed by atoms with Gasteiger partial charge in [0, 0.05) is 34.3 Å². The molecule has 0 N–H and O–H groups in total. The maximum Gasteiger partial charge on any atom is 0.159 e. The second-order valence-electron chi connectivity index (χ2n) is 9.91. The Morgan fingerprint density at radius 1 is 0.781 bits per heavy atom. The van der Waals surface area contributed by atoms with Gasteiger partial charge in [-0.15, -0.1) is 0 Å². The predicted octanol–water partition coefficient (Wildman–Crippen LogP) is 7.77. The number of rotatable bonds is 4. The second-order valence-corrected chi connectivity index (χ2v) is 9.91. The molecule has 0 bridgehead atoms. The number of anilines is 2. The molecule has 5 rings (SSSR count). The van der Waals surface area contributed by atoms with E-state index >= 15 is 0 Å². The van der Waals surface area contributed by atoms with Gasteiger partial charge in [-0.3, -0.25) is 4.79 Å². The summed E-state index contributed by atoms with van der Waals surface area (Å²) in [6.07, 6.45) is 2.20. The highest BCUT2D eigenvalue weighted by Gasteiger charge is 2.44. The number of fused-ring (bicyclic) bond motifs is 5. The summed E-state index contributed by atoms with van der Waals surface area (Å²) in [5, 5.41) is 0. The van der Waals surface area contributed by atoms with Crippen LogP contribution in [-0.4, -0.2) is 12.3 Å². The first-order chi connectivity index (χ1) is 15.3. The SMILES string of the molecule is CCN1c2ccc(C(C)=O)cc2C(C)(C)c2cc3c(cc21)C(CC)(CC)c1ccccc1-3. The maximum atomic E-state index is 12.2. The van der Waals surface area contributed by atoms with Gasteiger partial charge in [0.25, 0.3) is 0 Å². The van der Waals surface area contributed by atoms with Gasteiger partial charge in [0.15, 0.2) is 5.78 Å². The minimum absolute atomic E-state index is 0.0727. The van der Waals surface area contributed by atoms with E-state index in [-0.39, 0.29) is 16.6 Å². The third kappa shape index (κ3) is 2.56. The number of hydrogen-bond donors (Lipinski definition) is 0. The van der Waals surface area contributed by atoms with Crippen LogP contribution in [0.4, 0.5) is 11.4 Å². The number of carbonyl (C=O) groups is 1. The molecule has 0 spiro atoms. The fourth-order valence-electron chi connectivity index (χ4n) is 6.33. The van der Waals surface area contributed by atoms with E-state index in [2.05, 4.69) is 88.0 Å². The molecule has 3 aromatic rings. The number of ketones is 1. The summed E-state index contributed by atoms with van der Waals surface area (Å²) in [6, 6.07) is 20.2. The molecule has 0 radical (unpaired) electrons. The van der Waals surface area contributed by atoms with E-state index in [4.69, 9.17) is 0 Å². The largest absolute Gasteiger partial charge is 0.341 e. The zero-order valence-corrected chi connectivity index (χ0v) is 20.2. The molecule has 2 heteroatoms. The molecule has 3 aromatic carbocycles. The highest BCUT2D eigenvalue weighted by molar-refractivity contribution is 5.96. The van der Waals surface area contributed by atoms with Gasteiger partial charge in [-0.05, 0) is 90.4 Å². The van der Waals surface area contributed by atoms with Crippen molar-refractivity contribution in [3.63, 3.8) is 0 Å². The lowest BCUT2D eigenvalue weighted by molar-refractivity contribution is 0.101. The topological polar surface area (TPSA) is 20.3 Å². The van der Waals surface area contributed by atoms with Crippen LogP contribution in [-0.2, 0) is 10.8 Å². The van der Waals surface area contributed by atoms with Crippen molar-refractivity contribution >= 4 is 17.2 Å². The smallest absolute Gasteiger partial charge is 0.159 e. The molecule has 2 aliphatic rings. The molecule has 1 heterocycles. The van der Waals surface area contributed by atoms with Crippen LogP contribution in [0.25, 0.3) is 11.1 Å². The second kappa shape index (κ2) is 7.07. The van der Waals surface area contributed by atoms with Crippen molar-refractivity contribution in [2.45, 2.75) is 65.2 Å². The average Bonchev–Trinajstić information content (AvgIpc) is 3.08. The van der Waals surface area contributed by atoms with Gasteiger partial charge >= 0.3 is 0 Å². The Balaban J connectivity index is 1.83. The molecule has 0 fully saturated rings. The van der Waals surface area contributed by atoms with Gasteiger partial charge in [-0.25, -0.2) is 0 Å². The zero-order valence-electron chi connectivity index (χ0n) is 20.2. The monoisotopic (exact) mass is 423 g/mol. The Labute approximate surface area is 192 Å². The fourth-order valence-corrected chi connectivity index (χ4v) is 6.33. The third-order valence-corrected chi connectivity index (χ3v) is 8.24. The van der Waals surface area contributed by atoms with E-state index in [1.807, 2.05) is 6.07 Å². The molecule has 1 aliphatic heterocycles. The van der Waals surface area contributed by atoms with Crippen LogP contribution < -0.4 is 4.90 Å². The quantitative estimate of drug-likeness (QED) is 0.399. The van der Waals surface area contributed by atoms with Crippen LogP contribution in [0.5, 0.6) is 0 Å². The number of carbonyl (C=O) groups excluding carboxylic acids is 1. The molecular weight excluding hydrogens is 390 g/mol. The molecule has 0 unspecified atom stereocenters. The minimum Gasteiger partial charge on any atom is -0.341 e. The molecular formula is C30H33NO. The van der Waals surface area contributed by atoms with Crippen molar-refractivity contribution in [2.75, 3.05) is 11.4 Å². The maximum absolute atomic E-state index is 12.2. The highest BCUT2D eigenvalue weighted by Crippen LogP contribution is 2.57. The van der Waals surface area contributed by atoms with E-state index in [1.165, 1.54) is 44.8 Å². The van der Waals surface area contributed by atoms with Crippen molar-refractivity contribution in [1.82, 2.24) is 0 Å². The Morgan fingerprint density at radius 2 is 1.47 bits per heavy atom. The van der Waals surface area contributed by atoms with Crippen LogP contribution >= 0.6 is 0 Å². The van der Waals surface area contributed by atoms with Gasteiger partial charge < -0.3 is 4.90 Å². The van der Waals surface area contributed by atoms with Gasteiger partial charge in [0.1, 0.15) is 0 Å². The highest BCUT2D eigenvalue weighted by atomic mass is 16.1. The molecule has 32 heavy (non-hydrogen) atoms. The third-order valence-electron chi connectivity index (χ3n) is 8.24. The molecule has 0 saturated carbocycles. The molecule has 2 nitrogen and oxygen atoms in total. The van der Waals surface area contributed by atoms with Crippen molar-refractivity contribution < 1.29 is 4.79 Å². The Morgan fingerprint density at radius 3 is 2.12 bits per heavy atom. The first-order valence-corrected chi connectivity index (χ1v) is 12.0.